The lowest BCUT2D eigenvalue weighted by molar-refractivity contribution is 0.102. The second kappa shape index (κ2) is 5.14. The number of carbonyl (C=O) groups is 1. The van der Waals surface area contributed by atoms with E-state index in [2.05, 4.69) is 5.32 Å². The maximum Gasteiger partial charge on any atom is 0.255 e. The van der Waals surface area contributed by atoms with Crippen molar-refractivity contribution in [2.45, 2.75) is 20.8 Å². The highest BCUT2D eigenvalue weighted by atomic mass is 16.1. The fourth-order valence-corrected chi connectivity index (χ4v) is 1.93. The number of amides is 1. The lowest BCUT2D eigenvalue weighted by atomic mass is 10.1. The van der Waals surface area contributed by atoms with Gasteiger partial charge in [-0.25, -0.2) is 0 Å². The monoisotopic (exact) mass is 254 g/mol. The van der Waals surface area contributed by atoms with Gasteiger partial charge in [0, 0.05) is 5.56 Å². The maximum absolute atomic E-state index is 12.1. The zero-order chi connectivity index (χ0) is 14.0. The third-order valence-corrected chi connectivity index (χ3v) is 3.19. The lowest BCUT2D eigenvalue weighted by Crippen LogP contribution is -2.13. The summed E-state index contributed by atoms with van der Waals surface area (Å²) in [7, 11) is 0. The molecule has 0 atom stereocenters. The van der Waals surface area contributed by atoms with Crippen LogP contribution in [0.5, 0.6) is 0 Å². The zero-order valence-corrected chi connectivity index (χ0v) is 11.4. The Morgan fingerprint density at radius 2 is 1.74 bits per heavy atom. The van der Waals surface area contributed by atoms with Crippen molar-refractivity contribution in [3.05, 3.63) is 58.7 Å². The van der Waals surface area contributed by atoms with Crippen LogP contribution < -0.4 is 11.1 Å². The minimum atomic E-state index is -0.140. The van der Waals surface area contributed by atoms with Gasteiger partial charge in [-0.15, -0.1) is 0 Å². The predicted octanol–water partition coefficient (Wildman–Crippen LogP) is 3.45. The Kier molecular flexibility index (Phi) is 3.56. The minimum absolute atomic E-state index is 0.140. The Balaban J connectivity index is 2.27. The first-order valence-electron chi connectivity index (χ1n) is 6.22. The third-order valence-electron chi connectivity index (χ3n) is 3.19. The highest BCUT2D eigenvalue weighted by Gasteiger charge is 2.09. The fourth-order valence-electron chi connectivity index (χ4n) is 1.93. The molecule has 0 aliphatic carbocycles. The van der Waals surface area contributed by atoms with E-state index >= 15 is 0 Å². The van der Waals surface area contributed by atoms with Crippen LogP contribution in [0.3, 0.4) is 0 Å². The minimum Gasteiger partial charge on any atom is -0.397 e. The summed E-state index contributed by atoms with van der Waals surface area (Å²) in [5, 5.41) is 2.86. The maximum atomic E-state index is 12.1. The molecule has 2 aromatic rings. The van der Waals surface area contributed by atoms with E-state index in [4.69, 9.17) is 5.73 Å². The van der Waals surface area contributed by atoms with E-state index in [9.17, 15) is 4.79 Å². The van der Waals surface area contributed by atoms with Crippen molar-refractivity contribution in [1.29, 1.82) is 0 Å². The van der Waals surface area contributed by atoms with Gasteiger partial charge in [-0.05, 0) is 56.2 Å². The Morgan fingerprint density at radius 3 is 2.42 bits per heavy atom. The number of benzene rings is 2. The SMILES string of the molecule is Cc1cccc(C(=O)Nc2cc(C)c(C)cc2N)c1. The smallest absolute Gasteiger partial charge is 0.255 e. The predicted molar refractivity (Wildman–Crippen MR) is 79.5 cm³/mol. The molecule has 0 saturated heterocycles. The van der Waals surface area contributed by atoms with Crippen LogP contribution in [0, 0.1) is 20.8 Å². The van der Waals surface area contributed by atoms with E-state index in [0.29, 0.717) is 16.9 Å². The molecule has 3 N–H and O–H groups in total. The molecule has 3 nitrogen and oxygen atoms in total. The number of nitrogens with one attached hydrogen (secondary N) is 1. The van der Waals surface area contributed by atoms with Crippen LogP contribution in [0.2, 0.25) is 0 Å². The first-order chi connectivity index (χ1) is 8.97. The van der Waals surface area contributed by atoms with Crippen LogP contribution in [0.1, 0.15) is 27.0 Å². The summed E-state index contributed by atoms with van der Waals surface area (Å²) in [5.74, 6) is -0.140. The lowest BCUT2D eigenvalue weighted by Gasteiger charge is -2.11. The van der Waals surface area contributed by atoms with E-state index in [0.717, 1.165) is 16.7 Å². The third kappa shape index (κ3) is 2.94. The van der Waals surface area contributed by atoms with Gasteiger partial charge in [0.2, 0.25) is 0 Å². The number of hydrogen-bond acceptors (Lipinski definition) is 2. The Labute approximate surface area is 113 Å². The second-order valence-electron chi connectivity index (χ2n) is 4.85. The topological polar surface area (TPSA) is 55.1 Å². The van der Waals surface area contributed by atoms with E-state index in [1.807, 2.05) is 51.1 Å². The van der Waals surface area contributed by atoms with Crippen LogP contribution in [0.15, 0.2) is 36.4 Å². The van der Waals surface area contributed by atoms with Crippen molar-refractivity contribution in [2.24, 2.45) is 0 Å². The number of nitrogens with two attached hydrogens (primary N) is 1. The zero-order valence-electron chi connectivity index (χ0n) is 11.4. The molecule has 1 amide bonds. The summed E-state index contributed by atoms with van der Waals surface area (Å²) in [4.78, 5) is 12.1. The fraction of sp³-hybridized carbons (Fsp3) is 0.188. The first kappa shape index (κ1) is 13.1. The average Bonchev–Trinajstić information content (AvgIpc) is 2.36. The highest BCUT2D eigenvalue weighted by molar-refractivity contribution is 6.05. The molecule has 0 radical (unpaired) electrons. The molecule has 0 unspecified atom stereocenters. The van der Waals surface area contributed by atoms with Crippen LogP contribution in [-0.2, 0) is 0 Å². The standard InChI is InChI=1S/C16H18N2O/c1-10-5-4-6-13(7-10)16(19)18-15-9-12(3)11(2)8-14(15)17/h4-9H,17H2,1-3H3,(H,18,19). The van der Waals surface area contributed by atoms with Crippen molar-refractivity contribution >= 4 is 17.3 Å². The van der Waals surface area contributed by atoms with Crippen LogP contribution in [0.25, 0.3) is 0 Å². The van der Waals surface area contributed by atoms with Gasteiger partial charge in [-0.1, -0.05) is 17.7 Å². The summed E-state index contributed by atoms with van der Waals surface area (Å²) < 4.78 is 0. The highest BCUT2D eigenvalue weighted by Crippen LogP contribution is 2.23. The second-order valence-corrected chi connectivity index (χ2v) is 4.85. The molecular weight excluding hydrogens is 236 g/mol. The van der Waals surface area contributed by atoms with Crippen molar-refractivity contribution in [3.8, 4) is 0 Å². The molecule has 19 heavy (non-hydrogen) atoms. The number of hydrogen-bond donors (Lipinski definition) is 2. The van der Waals surface area contributed by atoms with Crippen molar-refractivity contribution < 1.29 is 4.79 Å². The van der Waals surface area contributed by atoms with E-state index < -0.39 is 0 Å². The molecule has 0 bridgehead atoms. The molecule has 0 aromatic heterocycles. The van der Waals surface area contributed by atoms with E-state index in [1.54, 1.807) is 6.07 Å². The molecule has 98 valence electrons. The number of rotatable bonds is 2. The van der Waals surface area contributed by atoms with Gasteiger partial charge >= 0.3 is 0 Å². The van der Waals surface area contributed by atoms with Gasteiger partial charge in [0.05, 0.1) is 11.4 Å². The van der Waals surface area contributed by atoms with Crippen molar-refractivity contribution in [1.82, 2.24) is 0 Å². The summed E-state index contributed by atoms with van der Waals surface area (Å²) >= 11 is 0. The quantitative estimate of drug-likeness (QED) is 0.806. The van der Waals surface area contributed by atoms with Crippen molar-refractivity contribution in [2.75, 3.05) is 11.1 Å². The van der Waals surface area contributed by atoms with E-state index in [-0.39, 0.29) is 5.91 Å². The summed E-state index contributed by atoms with van der Waals surface area (Å²) in [6, 6.07) is 11.3. The van der Waals surface area contributed by atoms with Gasteiger partial charge in [0.1, 0.15) is 0 Å². The molecular formula is C16H18N2O. The Bertz CT molecular complexity index is 633. The number of carbonyl (C=O) groups excluding carboxylic acids is 1. The Morgan fingerprint density at radius 1 is 1.05 bits per heavy atom. The molecule has 2 aromatic carbocycles. The molecule has 0 saturated carbocycles. The van der Waals surface area contributed by atoms with Gasteiger partial charge in [-0.3, -0.25) is 4.79 Å². The summed E-state index contributed by atoms with van der Waals surface area (Å²) in [5.41, 5.74) is 11.1. The molecule has 3 heteroatoms. The van der Waals surface area contributed by atoms with E-state index in [1.165, 1.54) is 0 Å². The van der Waals surface area contributed by atoms with Gasteiger partial charge < -0.3 is 11.1 Å². The van der Waals surface area contributed by atoms with Crippen molar-refractivity contribution in [3.63, 3.8) is 0 Å². The number of anilines is 2. The van der Waals surface area contributed by atoms with Crippen LogP contribution in [0.4, 0.5) is 11.4 Å². The van der Waals surface area contributed by atoms with Crippen LogP contribution in [-0.4, -0.2) is 5.91 Å². The molecule has 0 spiro atoms. The molecule has 0 heterocycles. The van der Waals surface area contributed by atoms with Crippen LogP contribution >= 0.6 is 0 Å². The van der Waals surface area contributed by atoms with Gasteiger partial charge in [0.15, 0.2) is 0 Å². The molecule has 0 aliphatic rings. The normalized spacial score (nSPS) is 10.3. The molecule has 0 fully saturated rings. The molecule has 2 rings (SSSR count). The number of aryl methyl sites for hydroxylation is 3. The molecule has 0 aliphatic heterocycles. The van der Waals surface area contributed by atoms with Gasteiger partial charge in [-0.2, -0.15) is 0 Å². The average molecular weight is 254 g/mol. The Hall–Kier alpha value is -2.29. The van der Waals surface area contributed by atoms with Gasteiger partial charge in [0.25, 0.3) is 5.91 Å². The first-order valence-corrected chi connectivity index (χ1v) is 6.22. The largest absolute Gasteiger partial charge is 0.397 e. The summed E-state index contributed by atoms with van der Waals surface area (Å²) in [6.07, 6.45) is 0. The summed E-state index contributed by atoms with van der Waals surface area (Å²) in [6.45, 7) is 5.95. The number of nitrogen functional groups attached to an aromatic ring is 1.